The Morgan fingerprint density at radius 1 is 0.682 bits per heavy atom. The van der Waals surface area contributed by atoms with Crippen molar-refractivity contribution in [3.63, 3.8) is 0 Å². The number of rotatable bonds is 7. The molecule has 12 nitrogen and oxygen atoms in total. The molecule has 2 saturated heterocycles. The van der Waals surface area contributed by atoms with Crippen molar-refractivity contribution in [2.45, 2.75) is 77.9 Å². The van der Waals surface area contributed by atoms with Gasteiger partial charge in [0.15, 0.2) is 0 Å². The molecule has 0 N–H and O–H groups in total. The van der Waals surface area contributed by atoms with Crippen LogP contribution in [-0.2, 0) is 19.1 Å². The van der Waals surface area contributed by atoms with Crippen molar-refractivity contribution < 1.29 is 19.1 Å². The van der Waals surface area contributed by atoms with Gasteiger partial charge in [-0.05, 0) is 78.6 Å². The molecule has 2 aliphatic rings. The molecule has 0 amide bonds. The number of aromatic nitrogens is 6. The van der Waals surface area contributed by atoms with Crippen LogP contribution in [0, 0.1) is 11.8 Å². The average molecular weight is 603 g/mol. The van der Waals surface area contributed by atoms with Gasteiger partial charge in [0.05, 0.1) is 22.9 Å². The van der Waals surface area contributed by atoms with Crippen molar-refractivity contribution in [1.82, 2.24) is 39.8 Å². The zero-order chi connectivity index (χ0) is 31.2. The van der Waals surface area contributed by atoms with Crippen LogP contribution in [0.3, 0.4) is 0 Å². The summed E-state index contributed by atoms with van der Waals surface area (Å²) in [7, 11) is 0. The summed E-state index contributed by atoms with van der Waals surface area (Å²) in [5.74, 6) is -0.965. The number of hydrogen-bond donors (Lipinski definition) is 0. The lowest BCUT2D eigenvalue weighted by Crippen LogP contribution is -2.46. The largest absolute Gasteiger partial charge is 0.460 e. The maximum atomic E-state index is 13.2. The highest BCUT2D eigenvalue weighted by molar-refractivity contribution is 5.76. The van der Waals surface area contributed by atoms with Gasteiger partial charge in [0.25, 0.3) is 0 Å². The molecule has 6 rings (SSSR count). The lowest BCUT2D eigenvalue weighted by molar-refractivity contribution is -0.161. The van der Waals surface area contributed by atoms with Crippen LogP contribution in [0.5, 0.6) is 0 Å². The molecule has 4 aromatic rings. The van der Waals surface area contributed by atoms with Gasteiger partial charge < -0.3 is 9.47 Å². The minimum Gasteiger partial charge on any atom is -0.460 e. The number of carbonyl (C=O) groups excluding carboxylic acids is 2. The van der Waals surface area contributed by atoms with Crippen molar-refractivity contribution in [3.8, 4) is 0 Å². The predicted molar refractivity (Wildman–Crippen MR) is 164 cm³/mol. The second kappa shape index (κ2) is 11.6. The normalized spacial score (nSPS) is 21.6. The van der Waals surface area contributed by atoms with E-state index in [0.29, 0.717) is 39.0 Å². The zero-order valence-corrected chi connectivity index (χ0v) is 26.4. The Morgan fingerprint density at radius 3 is 1.45 bits per heavy atom. The fraction of sp³-hybridized carbons (Fsp3) is 0.562. The van der Waals surface area contributed by atoms with Gasteiger partial charge in [0.1, 0.15) is 34.6 Å². The molecule has 4 unspecified atom stereocenters. The monoisotopic (exact) mass is 602 g/mol. The summed E-state index contributed by atoms with van der Waals surface area (Å²) in [6.07, 6.45) is 0.474. The first-order valence-electron chi connectivity index (χ1n) is 15.4. The fourth-order valence-corrected chi connectivity index (χ4v) is 6.31. The van der Waals surface area contributed by atoms with Crippen LogP contribution in [0.4, 0.5) is 0 Å². The molecule has 0 bridgehead atoms. The van der Waals surface area contributed by atoms with Crippen molar-refractivity contribution in [2.24, 2.45) is 11.8 Å². The highest BCUT2D eigenvalue weighted by Gasteiger charge is 2.46. The van der Waals surface area contributed by atoms with E-state index in [1.54, 1.807) is 0 Å². The highest BCUT2D eigenvalue weighted by Crippen LogP contribution is 2.39. The van der Waals surface area contributed by atoms with Gasteiger partial charge in [-0.25, -0.2) is 9.36 Å². The van der Waals surface area contributed by atoms with Gasteiger partial charge in [-0.3, -0.25) is 19.4 Å². The first kappa shape index (κ1) is 30.1. The number of benzene rings is 2. The summed E-state index contributed by atoms with van der Waals surface area (Å²) in [5.41, 5.74) is 2.15. The van der Waals surface area contributed by atoms with Gasteiger partial charge >= 0.3 is 11.9 Å². The third-order valence-electron chi connectivity index (χ3n) is 8.19. The van der Waals surface area contributed by atoms with Crippen molar-refractivity contribution in [2.75, 3.05) is 26.2 Å². The smallest absolute Gasteiger partial charge is 0.310 e. The van der Waals surface area contributed by atoms with Crippen LogP contribution < -0.4 is 0 Å². The molecule has 234 valence electrons. The van der Waals surface area contributed by atoms with E-state index in [0.717, 1.165) is 22.1 Å². The Labute approximate surface area is 257 Å². The number of ether oxygens (including phenoxy) is 2. The molecular weight excluding hydrogens is 560 g/mol. The Morgan fingerprint density at radius 2 is 1.07 bits per heavy atom. The fourth-order valence-electron chi connectivity index (χ4n) is 6.31. The number of hydrogen-bond acceptors (Lipinski definition) is 10. The first-order valence-corrected chi connectivity index (χ1v) is 15.4. The summed E-state index contributed by atoms with van der Waals surface area (Å²) in [5, 5.41) is 18.4. The lowest BCUT2D eigenvalue weighted by Gasteiger charge is -2.39. The number of fused-ring (bicyclic) bond motifs is 2. The molecule has 44 heavy (non-hydrogen) atoms. The number of para-hydroxylation sites is 2. The molecule has 12 heteroatoms. The summed E-state index contributed by atoms with van der Waals surface area (Å²) in [6, 6.07) is 15.7. The van der Waals surface area contributed by atoms with Crippen LogP contribution in [0.15, 0.2) is 48.5 Å². The van der Waals surface area contributed by atoms with Crippen molar-refractivity contribution in [3.05, 3.63) is 48.5 Å². The molecule has 0 saturated carbocycles. The van der Waals surface area contributed by atoms with Crippen LogP contribution >= 0.6 is 0 Å². The predicted octanol–water partition coefficient (Wildman–Crippen LogP) is 4.20. The molecule has 2 aromatic carbocycles. The number of nitrogens with zero attached hydrogens (tertiary/aromatic N) is 8. The summed E-state index contributed by atoms with van der Waals surface area (Å²) < 4.78 is 15.5. The molecule has 2 aromatic heterocycles. The Kier molecular flexibility index (Phi) is 7.91. The lowest BCUT2D eigenvalue weighted by atomic mass is 10.1. The quantitative estimate of drug-likeness (QED) is 0.285. The van der Waals surface area contributed by atoms with E-state index in [2.05, 4.69) is 30.4 Å². The van der Waals surface area contributed by atoms with Gasteiger partial charge in [0, 0.05) is 26.2 Å². The van der Waals surface area contributed by atoms with Gasteiger partial charge in [-0.1, -0.05) is 34.7 Å². The second-order valence-corrected chi connectivity index (χ2v) is 13.9. The standard InChI is InChI=1S/C32H42N8O4/c1-31(2,3)43-29(41)21-15-17-37(19-21)27(39-25-13-9-7-11-23(25)33-35-39)28(40-26-14-10-8-12-24(26)34-36-40)38-18-16-22(20-38)30(42)44-32(4,5)6/h7-14,21-22,27-28H,15-20H2,1-6H3. The van der Waals surface area contributed by atoms with E-state index in [1.807, 2.05) is 99.4 Å². The van der Waals surface area contributed by atoms with Gasteiger partial charge in [-0.15, -0.1) is 10.2 Å². The van der Waals surface area contributed by atoms with Crippen molar-refractivity contribution in [1.29, 1.82) is 0 Å². The average Bonchev–Trinajstić information content (AvgIpc) is 3.76. The maximum absolute atomic E-state index is 13.2. The molecule has 4 heterocycles. The minimum absolute atomic E-state index is 0.198. The second-order valence-electron chi connectivity index (χ2n) is 13.9. The van der Waals surface area contributed by atoms with Crippen molar-refractivity contribution >= 4 is 34.0 Å². The van der Waals surface area contributed by atoms with Crippen LogP contribution in [0.25, 0.3) is 22.1 Å². The van der Waals surface area contributed by atoms with E-state index < -0.39 is 23.5 Å². The van der Waals surface area contributed by atoms with Gasteiger partial charge in [0.2, 0.25) is 0 Å². The van der Waals surface area contributed by atoms with E-state index in [-0.39, 0.29) is 23.8 Å². The maximum Gasteiger partial charge on any atom is 0.310 e. The third-order valence-corrected chi connectivity index (χ3v) is 8.19. The van der Waals surface area contributed by atoms with Crippen LogP contribution in [-0.4, -0.2) is 89.1 Å². The van der Waals surface area contributed by atoms with E-state index in [9.17, 15) is 9.59 Å². The number of esters is 2. The summed E-state index contributed by atoms with van der Waals surface area (Å²) >= 11 is 0. The molecule has 2 fully saturated rings. The molecule has 0 spiro atoms. The van der Waals surface area contributed by atoms with E-state index in [4.69, 9.17) is 9.47 Å². The molecule has 4 atom stereocenters. The SMILES string of the molecule is CC(C)(C)OC(=O)C1CCN(C(C(N2CCC(C(=O)OC(C)(C)C)C2)n2nnc3ccccc32)n2nnc3ccccc32)C1. The molecule has 2 aliphatic heterocycles. The number of likely N-dealkylation sites (tertiary alicyclic amines) is 2. The summed E-state index contributed by atoms with van der Waals surface area (Å²) in [6.45, 7) is 13.6. The highest BCUT2D eigenvalue weighted by atomic mass is 16.6. The third kappa shape index (κ3) is 6.18. The first-order chi connectivity index (χ1) is 20.9. The minimum atomic E-state index is -0.569. The van der Waals surface area contributed by atoms with Crippen LogP contribution in [0.1, 0.15) is 66.7 Å². The molecule has 0 aliphatic carbocycles. The van der Waals surface area contributed by atoms with Gasteiger partial charge in [-0.2, -0.15) is 0 Å². The number of carbonyl (C=O) groups is 2. The molecular formula is C32H42N8O4. The van der Waals surface area contributed by atoms with E-state index >= 15 is 0 Å². The van der Waals surface area contributed by atoms with E-state index in [1.165, 1.54) is 0 Å². The Balaban J connectivity index is 1.43. The molecule has 0 radical (unpaired) electrons. The zero-order valence-electron chi connectivity index (χ0n) is 26.4. The summed E-state index contributed by atoms with van der Waals surface area (Å²) in [4.78, 5) is 31.0. The topological polar surface area (TPSA) is 120 Å². The van der Waals surface area contributed by atoms with Crippen LogP contribution in [0.2, 0.25) is 0 Å². The Bertz CT molecular complexity index is 1530. The Hall–Kier alpha value is -3.90.